The predicted octanol–water partition coefficient (Wildman–Crippen LogP) is 4.88. The molecule has 8 nitrogen and oxygen atoms in total. The highest BCUT2D eigenvalue weighted by atomic mass is 79.9. The van der Waals surface area contributed by atoms with Crippen LogP contribution >= 0.6 is 31.9 Å². The zero-order valence-electron chi connectivity index (χ0n) is 18.6. The van der Waals surface area contributed by atoms with E-state index in [9.17, 15) is 9.59 Å². The third-order valence-corrected chi connectivity index (χ3v) is 5.98. The number of hydrogen-bond donors (Lipinski definition) is 0. The van der Waals surface area contributed by atoms with Gasteiger partial charge in [0.25, 0.3) is 5.56 Å². The topological polar surface area (TPSA) is 92.0 Å². The third-order valence-electron chi connectivity index (χ3n) is 5.03. The lowest BCUT2D eigenvalue weighted by Gasteiger charge is -2.15. The Morgan fingerprint density at radius 3 is 2.64 bits per heavy atom. The molecule has 3 aromatic rings. The first-order chi connectivity index (χ1) is 15.8. The summed E-state index contributed by atoms with van der Waals surface area (Å²) in [6.45, 7) is 3.71. The fourth-order valence-electron chi connectivity index (χ4n) is 3.08. The Hall–Kier alpha value is -2.72. The summed E-state index contributed by atoms with van der Waals surface area (Å²) in [5.41, 5.74) is 0.824. The number of carbonyl (C=O) groups is 1. The van der Waals surface area contributed by atoms with E-state index in [1.807, 2.05) is 19.9 Å². The van der Waals surface area contributed by atoms with Crippen LogP contribution in [0.2, 0.25) is 0 Å². The Morgan fingerprint density at radius 2 is 1.97 bits per heavy atom. The van der Waals surface area contributed by atoms with Crippen LogP contribution in [-0.2, 0) is 9.53 Å². The molecule has 0 aliphatic heterocycles. The van der Waals surface area contributed by atoms with Gasteiger partial charge in [-0.15, -0.1) is 0 Å². The van der Waals surface area contributed by atoms with Gasteiger partial charge in [-0.3, -0.25) is 4.79 Å². The van der Waals surface area contributed by atoms with E-state index in [-0.39, 0.29) is 18.1 Å². The first kappa shape index (κ1) is 24.9. The molecule has 2 aromatic carbocycles. The SMILES string of the molecule is CC[C@@H](C)c1nc2ccc(Br)cc2c(=O)n1N=Cc1cc(Br)cc(OC)c1OCC(=O)OC. The maximum Gasteiger partial charge on any atom is 0.343 e. The van der Waals surface area contributed by atoms with Crippen molar-refractivity contribution < 1.29 is 19.0 Å². The van der Waals surface area contributed by atoms with Crippen LogP contribution in [0.5, 0.6) is 11.5 Å². The standard InChI is InChI=1S/C23H23Br2N3O5/c1-5-13(2)22-27-18-7-6-15(24)9-17(18)23(30)28(22)26-11-14-8-16(25)10-19(31-3)21(14)33-12-20(29)32-4/h6-11,13H,5,12H2,1-4H3/t13-/m1/s1. The summed E-state index contributed by atoms with van der Waals surface area (Å²) < 4.78 is 18.5. The molecule has 1 heterocycles. The van der Waals surface area contributed by atoms with Crippen molar-refractivity contribution >= 4 is 54.9 Å². The summed E-state index contributed by atoms with van der Waals surface area (Å²) in [6, 6.07) is 8.83. The highest BCUT2D eigenvalue weighted by Gasteiger charge is 2.17. The Kier molecular flexibility index (Phi) is 8.25. The lowest BCUT2D eigenvalue weighted by atomic mass is 10.1. The smallest absolute Gasteiger partial charge is 0.343 e. The Labute approximate surface area is 207 Å². The van der Waals surface area contributed by atoms with Crippen molar-refractivity contribution in [1.82, 2.24) is 9.66 Å². The summed E-state index contributed by atoms with van der Waals surface area (Å²) in [5, 5.41) is 4.92. The van der Waals surface area contributed by atoms with Crippen LogP contribution in [0.25, 0.3) is 10.9 Å². The molecule has 0 bridgehead atoms. The molecule has 174 valence electrons. The number of esters is 1. The maximum absolute atomic E-state index is 13.3. The van der Waals surface area contributed by atoms with E-state index in [4.69, 9.17) is 14.5 Å². The summed E-state index contributed by atoms with van der Waals surface area (Å²) in [7, 11) is 2.77. The number of methoxy groups -OCH3 is 2. The molecule has 3 rings (SSSR count). The fourth-order valence-corrected chi connectivity index (χ4v) is 3.90. The number of fused-ring (bicyclic) bond motifs is 1. The summed E-state index contributed by atoms with van der Waals surface area (Å²) in [6.07, 6.45) is 2.26. The first-order valence-corrected chi connectivity index (χ1v) is 11.7. The fraction of sp³-hybridized carbons (Fsp3) is 0.304. The van der Waals surface area contributed by atoms with Crippen molar-refractivity contribution in [2.45, 2.75) is 26.2 Å². The van der Waals surface area contributed by atoms with E-state index in [1.165, 1.54) is 25.1 Å². The van der Waals surface area contributed by atoms with Crippen LogP contribution < -0.4 is 15.0 Å². The van der Waals surface area contributed by atoms with Crippen LogP contribution in [0.3, 0.4) is 0 Å². The second-order valence-corrected chi connectivity index (χ2v) is 9.02. The zero-order valence-corrected chi connectivity index (χ0v) is 21.8. The number of nitrogens with zero attached hydrogens (tertiary/aromatic N) is 3. The second kappa shape index (κ2) is 10.9. The number of ether oxygens (including phenoxy) is 3. The normalized spacial score (nSPS) is 12.2. The van der Waals surface area contributed by atoms with Gasteiger partial charge in [0.05, 0.1) is 31.3 Å². The van der Waals surface area contributed by atoms with Gasteiger partial charge in [0.2, 0.25) is 0 Å². The minimum Gasteiger partial charge on any atom is -0.493 e. The molecule has 0 saturated heterocycles. The van der Waals surface area contributed by atoms with E-state index < -0.39 is 5.97 Å². The monoisotopic (exact) mass is 579 g/mol. The van der Waals surface area contributed by atoms with Gasteiger partial charge in [-0.2, -0.15) is 9.78 Å². The zero-order chi connectivity index (χ0) is 24.1. The van der Waals surface area contributed by atoms with Crippen LogP contribution in [0.4, 0.5) is 0 Å². The molecule has 0 N–H and O–H groups in total. The molecule has 1 aromatic heterocycles. The average molecular weight is 581 g/mol. The Balaban J connectivity index is 2.17. The lowest BCUT2D eigenvalue weighted by molar-refractivity contribution is -0.142. The molecular formula is C23H23Br2N3O5. The number of hydrogen-bond acceptors (Lipinski definition) is 7. The van der Waals surface area contributed by atoms with Gasteiger partial charge in [0.1, 0.15) is 5.82 Å². The van der Waals surface area contributed by atoms with Gasteiger partial charge in [-0.25, -0.2) is 9.78 Å². The number of carbonyl (C=O) groups excluding carboxylic acids is 1. The van der Waals surface area contributed by atoms with Crippen molar-refractivity contribution in [3.63, 3.8) is 0 Å². The Bertz CT molecular complexity index is 1270. The average Bonchev–Trinajstić information content (AvgIpc) is 2.81. The lowest BCUT2D eigenvalue weighted by Crippen LogP contribution is -2.23. The van der Waals surface area contributed by atoms with Gasteiger partial charge < -0.3 is 14.2 Å². The van der Waals surface area contributed by atoms with Crippen LogP contribution in [0.15, 0.2) is 49.2 Å². The van der Waals surface area contributed by atoms with Gasteiger partial charge in [0, 0.05) is 20.4 Å². The first-order valence-electron chi connectivity index (χ1n) is 10.1. The molecular weight excluding hydrogens is 558 g/mol. The highest BCUT2D eigenvalue weighted by molar-refractivity contribution is 9.10. The molecule has 0 saturated carbocycles. The molecule has 0 unspecified atom stereocenters. The maximum atomic E-state index is 13.3. The number of benzene rings is 2. The van der Waals surface area contributed by atoms with Crippen LogP contribution in [0.1, 0.15) is 37.6 Å². The summed E-state index contributed by atoms with van der Waals surface area (Å²) in [5.74, 6) is 0.694. The quantitative estimate of drug-likeness (QED) is 0.279. The van der Waals surface area contributed by atoms with Gasteiger partial charge in [-0.1, -0.05) is 45.7 Å². The molecule has 10 heteroatoms. The van der Waals surface area contributed by atoms with Gasteiger partial charge in [0.15, 0.2) is 18.1 Å². The van der Waals surface area contributed by atoms with E-state index >= 15 is 0 Å². The largest absolute Gasteiger partial charge is 0.493 e. The van der Waals surface area contributed by atoms with Crippen molar-refractivity contribution in [2.75, 3.05) is 20.8 Å². The molecule has 1 atom stereocenters. The molecule has 0 radical (unpaired) electrons. The Morgan fingerprint density at radius 1 is 1.21 bits per heavy atom. The number of rotatable bonds is 8. The second-order valence-electron chi connectivity index (χ2n) is 7.19. The number of aromatic nitrogens is 2. The predicted molar refractivity (Wildman–Crippen MR) is 134 cm³/mol. The van der Waals surface area contributed by atoms with E-state index in [0.29, 0.717) is 38.3 Å². The van der Waals surface area contributed by atoms with E-state index in [0.717, 1.165) is 10.9 Å². The van der Waals surface area contributed by atoms with Crippen LogP contribution in [0, 0.1) is 0 Å². The third kappa shape index (κ3) is 5.62. The minimum absolute atomic E-state index is 0.00464. The van der Waals surface area contributed by atoms with Gasteiger partial charge in [-0.05, 0) is 36.8 Å². The van der Waals surface area contributed by atoms with E-state index in [1.54, 1.807) is 24.3 Å². The molecule has 0 amide bonds. The molecule has 33 heavy (non-hydrogen) atoms. The molecule has 0 aliphatic carbocycles. The van der Waals surface area contributed by atoms with Gasteiger partial charge >= 0.3 is 5.97 Å². The number of halogens is 2. The molecule has 0 spiro atoms. The summed E-state index contributed by atoms with van der Waals surface area (Å²) in [4.78, 5) is 29.6. The molecule has 0 fully saturated rings. The van der Waals surface area contributed by atoms with Crippen molar-refractivity contribution in [2.24, 2.45) is 5.10 Å². The highest BCUT2D eigenvalue weighted by Crippen LogP contribution is 2.34. The molecule has 0 aliphatic rings. The van der Waals surface area contributed by atoms with Crippen molar-refractivity contribution in [3.05, 3.63) is 61.0 Å². The summed E-state index contributed by atoms with van der Waals surface area (Å²) >= 11 is 6.85. The van der Waals surface area contributed by atoms with E-state index in [2.05, 4.69) is 41.7 Å². The minimum atomic E-state index is -0.539. The van der Waals surface area contributed by atoms with Crippen LogP contribution in [-0.4, -0.2) is 42.7 Å². The van der Waals surface area contributed by atoms with Crippen molar-refractivity contribution in [1.29, 1.82) is 0 Å². The van der Waals surface area contributed by atoms with Crippen molar-refractivity contribution in [3.8, 4) is 11.5 Å².